The van der Waals surface area contributed by atoms with Crippen molar-refractivity contribution in [2.45, 2.75) is 110 Å². The predicted octanol–water partition coefficient (Wildman–Crippen LogP) is 4.48. The van der Waals surface area contributed by atoms with Gasteiger partial charge in [0.1, 0.15) is 29.3 Å². The molecular weight excluding hydrogens is 636 g/mol. The number of carbonyl (C=O) groups is 6. The van der Waals surface area contributed by atoms with Crippen LogP contribution in [0.25, 0.3) is 0 Å². The van der Waals surface area contributed by atoms with Gasteiger partial charge in [0.15, 0.2) is 24.1 Å². The molecule has 2 aliphatic carbocycles. The smallest absolute Gasteiger partial charge is 0.338 e. The van der Waals surface area contributed by atoms with E-state index in [2.05, 4.69) is 6.58 Å². The van der Waals surface area contributed by atoms with E-state index >= 15 is 0 Å². The SMILES string of the molecule is C=C1C(OC(=O)c2ccccc2)C(OC(C)=O)C(OC(C)=O)C(C)(C)C=CC(C)C23CC(C)(O2)C(OC(C)=O)C(C3=O)C1OC(=O)C(C)C. The van der Waals surface area contributed by atoms with Crippen LogP contribution in [0.15, 0.2) is 54.6 Å². The minimum Gasteiger partial charge on any atom is -0.459 e. The zero-order chi connectivity index (χ0) is 36.6. The zero-order valence-corrected chi connectivity index (χ0v) is 29.5. The van der Waals surface area contributed by atoms with Crippen LogP contribution >= 0.6 is 0 Å². The molecule has 2 heterocycles. The quantitative estimate of drug-likeness (QED) is 0.226. The van der Waals surface area contributed by atoms with E-state index in [-0.39, 0.29) is 17.6 Å². The molecule has 1 aromatic rings. The van der Waals surface area contributed by atoms with Gasteiger partial charge in [0, 0.05) is 44.1 Å². The molecule has 9 atom stereocenters. The molecule has 0 N–H and O–H groups in total. The highest BCUT2D eigenvalue weighted by Gasteiger charge is 2.74. The second-order valence-electron chi connectivity index (χ2n) is 14.3. The topological polar surface area (TPSA) is 158 Å². The standard InChI is InChI=1S/C37H46O12/c1-19(2)33(42)47-27-21(4)28(48-34(43)25-14-12-11-13-15-25)29(44-22(5)38)32(46-24(7)40)35(8,9)17-16-20(3)37-18-36(10,49-37)31(45-23(6)39)26(27)30(37)41/h11-17,19-20,26-29,31-32H,4,18H2,1-3,5-10H3. The average molecular weight is 683 g/mol. The summed E-state index contributed by atoms with van der Waals surface area (Å²) in [5.41, 5.74) is -3.73. The fourth-order valence-electron chi connectivity index (χ4n) is 7.03. The molecule has 2 aliphatic heterocycles. The van der Waals surface area contributed by atoms with Crippen molar-refractivity contribution in [1.29, 1.82) is 0 Å². The van der Waals surface area contributed by atoms with Gasteiger partial charge in [-0.1, -0.05) is 71.5 Å². The Morgan fingerprint density at radius 1 is 0.837 bits per heavy atom. The summed E-state index contributed by atoms with van der Waals surface area (Å²) in [6, 6.07) is 7.96. The van der Waals surface area contributed by atoms with E-state index < -0.39 is 101 Å². The Balaban J connectivity index is 2.05. The Morgan fingerprint density at radius 2 is 1.39 bits per heavy atom. The van der Waals surface area contributed by atoms with Crippen LogP contribution < -0.4 is 0 Å². The lowest BCUT2D eigenvalue weighted by molar-refractivity contribution is -0.331. The van der Waals surface area contributed by atoms with Gasteiger partial charge < -0.3 is 28.4 Å². The maximum absolute atomic E-state index is 14.8. The van der Waals surface area contributed by atoms with Crippen molar-refractivity contribution in [3.8, 4) is 0 Å². The molecule has 1 aromatic carbocycles. The van der Waals surface area contributed by atoms with Crippen molar-refractivity contribution in [3.63, 3.8) is 0 Å². The van der Waals surface area contributed by atoms with Crippen molar-refractivity contribution < 1.29 is 57.2 Å². The molecule has 1 spiro atoms. The highest BCUT2D eigenvalue weighted by Crippen LogP contribution is 2.58. The Labute approximate surface area is 286 Å². The first-order valence-electron chi connectivity index (χ1n) is 16.3. The van der Waals surface area contributed by atoms with Gasteiger partial charge in [0.05, 0.1) is 11.5 Å². The molecule has 49 heavy (non-hydrogen) atoms. The highest BCUT2D eigenvalue weighted by atomic mass is 16.6. The van der Waals surface area contributed by atoms with Gasteiger partial charge >= 0.3 is 29.8 Å². The molecule has 2 saturated heterocycles. The summed E-state index contributed by atoms with van der Waals surface area (Å²) >= 11 is 0. The van der Waals surface area contributed by atoms with Crippen molar-refractivity contribution in [1.82, 2.24) is 0 Å². The van der Waals surface area contributed by atoms with E-state index in [1.165, 1.54) is 26.0 Å². The first kappa shape index (κ1) is 37.5. The summed E-state index contributed by atoms with van der Waals surface area (Å²) in [7, 11) is 0. The molecule has 266 valence electrons. The minimum atomic E-state index is -1.66. The maximum Gasteiger partial charge on any atom is 0.338 e. The van der Waals surface area contributed by atoms with Crippen LogP contribution in [-0.4, -0.2) is 77.4 Å². The van der Waals surface area contributed by atoms with Crippen LogP contribution in [0.4, 0.5) is 0 Å². The predicted molar refractivity (Wildman–Crippen MR) is 174 cm³/mol. The lowest BCUT2D eigenvalue weighted by atomic mass is 9.56. The van der Waals surface area contributed by atoms with Crippen LogP contribution in [0.2, 0.25) is 0 Å². The van der Waals surface area contributed by atoms with Crippen LogP contribution in [0.5, 0.6) is 0 Å². The number of hydrogen-bond donors (Lipinski definition) is 0. The second kappa shape index (κ2) is 13.9. The summed E-state index contributed by atoms with van der Waals surface area (Å²) in [5.74, 6) is -6.96. The van der Waals surface area contributed by atoms with Crippen LogP contribution in [0, 0.1) is 23.2 Å². The molecule has 0 amide bonds. The van der Waals surface area contributed by atoms with Gasteiger partial charge in [0.2, 0.25) is 0 Å². The lowest BCUT2D eigenvalue weighted by Gasteiger charge is -2.65. The molecule has 9 unspecified atom stereocenters. The Hall–Kier alpha value is -4.32. The molecule has 4 aliphatic rings. The zero-order valence-electron chi connectivity index (χ0n) is 29.5. The van der Waals surface area contributed by atoms with E-state index in [4.69, 9.17) is 28.4 Å². The summed E-state index contributed by atoms with van der Waals surface area (Å²) in [6.45, 7) is 17.9. The van der Waals surface area contributed by atoms with Gasteiger partial charge in [-0.3, -0.25) is 24.0 Å². The number of hydrogen-bond acceptors (Lipinski definition) is 12. The van der Waals surface area contributed by atoms with Crippen molar-refractivity contribution in [3.05, 3.63) is 60.2 Å². The molecular formula is C37H46O12. The number of rotatable bonds is 7. The van der Waals surface area contributed by atoms with E-state index in [9.17, 15) is 28.8 Å². The number of ketones is 1. The normalized spacial score (nSPS) is 33.6. The van der Waals surface area contributed by atoms with Crippen molar-refractivity contribution in [2.24, 2.45) is 23.2 Å². The molecule has 5 rings (SSSR count). The second-order valence-corrected chi connectivity index (χ2v) is 14.3. The Kier molecular flexibility index (Phi) is 10.6. The third-order valence-corrected chi connectivity index (χ3v) is 9.46. The van der Waals surface area contributed by atoms with Crippen molar-refractivity contribution >= 4 is 35.6 Å². The monoisotopic (exact) mass is 682 g/mol. The molecule has 0 radical (unpaired) electrons. The van der Waals surface area contributed by atoms with Crippen LogP contribution in [0.3, 0.4) is 0 Å². The number of benzene rings is 1. The number of carbonyl (C=O) groups excluding carboxylic acids is 6. The number of Topliss-reactive ketones (excluding diaryl/α,β-unsaturated/α-hetero) is 1. The maximum atomic E-state index is 14.8. The highest BCUT2D eigenvalue weighted by molar-refractivity contribution is 5.95. The average Bonchev–Trinajstić information content (AvgIpc) is 2.99. The summed E-state index contributed by atoms with van der Waals surface area (Å²) in [5, 5.41) is 0. The van der Waals surface area contributed by atoms with Gasteiger partial charge in [-0.25, -0.2) is 4.79 Å². The van der Waals surface area contributed by atoms with E-state index in [1.54, 1.807) is 71.9 Å². The van der Waals surface area contributed by atoms with Gasteiger partial charge in [-0.2, -0.15) is 0 Å². The number of ether oxygens (including phenoxy) is 6. The molecule has 3 bridgehead atoms. The fourth-order valence-corrected chi connectivity index (χ4v) is 7.03. The molecule has 3 fully saturated rings. The Morgan fingerprint density at radius 3 is 1.92 bits per heavy atom. The summed E-state index contributed by atoms with van der Waals surface area (Å²) < 4.78 is 36.0. The first-order valence-corrected chi connectivity index (χ1v) is 16.3. The van der Waals surface area contributed by atoms with E-state index in [0.29, 0.717) is 0 Å². The third kappa shape index (κ3) is 7.34. The van der Waals surface area contributed by atoms with E-state index in [1.807, 2.05) is 0 Å². The van der Waals surface area contributed by atoms with Crippen LogP contribution in [0.1, 0.15) is 79.1 Å². The third-order valence-electron chi connectivity index (χ3n) is 9.46. The first-order chi connectivity index (χ1) is 22.7. The van der Waals surface area contributed by atoms with Crippen molar-refractivity contribution in [2.75, 3.05) is 0 Å². The van der Waals surface area contributed by atoms with E-state index in [0.717, 1.165) is 6.92 Å². The lowest BCUT2D eigenvalue weighted by Crippen LogP contribution is -2.79. The largest absolute Gasteiger partial charge is 0.459 e. The molecule has 1 saturated carbocycles. The minimum absolute atomic E-state index is 0.128. The van der Waals surface area contributed by atoms with Gasteiger partial charge in [-0.05, 0) is 19.1 Å². The summed E-state index contributed by atoms with van der Waals surface area (Å²) in [6.07, 6.45) is -3.69. The number of esters is 5. The molecule has 12 heteroatoms. The van der Waals surface area contributed by atoms with Crippen LogP contribution in [-0.2, 0) is 52.4 Å². The van der Waals surface area contributed by atoms with Gasteiger partial charge in [-0.15, -0.1) is 0 Å². The summed E-state index contributed by atoms with van der Waals surface area (Å²) in [4.78, 5) is 79.8. The van der Waals surface area contributed by atoms with Gasteiger partial charge in [0.25, 0.3) is 0 Å². The molecule has 0 aromatic heterocycles. The fraction of sp³-hybridized carbons (Fsp3) is 0.568. The molecule has 12 nitrogen and oxygen atoms in total. The Bertz CT molecular complexity index is 1530.